The van der Waals surface area contributed by atoms with Crippen molar-refractivity contribution in [2.75, 3.05) is 0 Å². The Kier molecular flexibility index (Phi) is 21.2. The lowest BCUT2D eigenvalue weighted by atomic mass is 9.82. The number of hydrogen-bond acceptors (Lipinski definition) is 13. The molecular formula is C41H62O14. The molecule has 2 aliphatic heterocycles. The number of aliphatic hydroxyl groups excluding tert-OH is 8. The molecule has 1 saturated heterocycles. The summed E-state index contributed by atoms with van der Waals surface area (Å²) in [5.41, 5.74) is 0. The molecule has 1 fully saturated rings. The Labute approximate surface area is 323 Å². The zero-order valence-corrected chi connectivity index (χ0v) is 31.9. The summed E-state index contributed by atoms with van der Waals surface area (Å²) in [4.78, 5) is 24.5. The molecule has 2 rings (SSSR count). The lowest BCUT2D eigenvalue weighted by molar-refractivity contribution is -0.302. The van der Waals surface area contributed by atoms with Gasteiger partial charge in [0.1, 0.15) is 12.0 Å². The second-order valence-electron chi connectivity index (χ2n) is 14.7. The molecule has 0 spiro atoms. The Morgan fingerprint density at radius 1 is 0.655 bits per heavy atom. The quantitative estimate of drug-likeness (QED) is 0.171. The molecular weight excluding hydrogens is 716 g/mol. The van der Waals surface area contributed by atoms with Gasteiger partial charge in [-0.15, -0.1) is 0 Å². The Morgan fingerprint density at radius 3 is 1.73 bits per heavy atom. The number of aliphatic hydroxyl groups is 9. The van der Waals surface area contributed by atoms with Crippen LogP contribution in [0.5, 0.6) is 0 Å². The zero-order valence-electron chi connectivity index (χ0n) is 31.9. The van der Waals surface area contributed by atoms with Crippen LogP contribution in [0.1, 0.15) is 72.1 Å². The van der Waals surface area contributed by atoms with Gasteiger partial charge in [-0.1, -0.05) is 98.9 Å². The molecule has 0 aromatic carbocycles. The maximum atomic E-state index is 12.5. The number of carboxylic acids is 1. The van der Waals surface area contributed by atoms with Crippen LogP contribution in [-0.4, -0.2) is 130 Å². The molecule has 1 unspecified atom stereocenters. The van der Waals surface area contributed by atoms with Crippen molar-refractivity contribution in [3.63, 3.8) is 0 Å². The van der Waals surface area contributed by atoms with Crippen molar-refractivity contribution in [2.24, 2.45) is 17.8 Å². The first-order valence-electron chi connectivity index (χ1n) is 18.9. The van der Waals surface area contributed by atoms with Crippen LogP contribution in [0.3, 0.4) is 0 Å². The number of rotatable bonds is 1. The van der Waals surface area contributed by atoms with Crippen LogP contribution < -0.4 is 0 Å². The molecule has 0 amide bonds. The van der Waals surface area contributed by atoms with E-state index in [1.807, 2.05) is 43.4 Å². The van der Waals surface area contributed by atoms with E-state index in [1.54, 1.807) is 56.4 Å². The van der Waals surface area contributed by atoms with Crippen LogP contribution in [0.2, 0.25) is 0 Å². The van der Waals surface area contributed by atoms with E-state index in [1.165, 1.54) is 6.08 Å². The SMILES string of the molecule is C[C@@H]1[C@H](O)[C@@H](C)C=CC=CC=CC=CC=CC=CC=C[C@H](O)CC2O[C@](O)(C[C@@H](O)[C@H](O)CC[C@@H](O)C[C@@H](O)C[C@@H](O)CC(=O)O[C@H]1C)C[C@H](O)[C@H]2C(=O)O. The number of carbonyl (C=O) groups is 2. The van der Waals surface area contributed by atoms with Gasteiger partial charge in [-0.2, -0.15) is 0 Å². The normalized spacial score (nSPS) is 39.1. The molecule has 14 heteroatoms. The molecule has 55 heavy (non-hydrogen) atoms. The standard InChI is InChI=1S/C41H62O14/c1-26-16-14-12-10-8-6-4-5-7-9-11-13-15-17-29(42)22-36-38(40(51)52)35(48)25-41(53,55-36)24-34(47)33(46)19-18-30(43)20-31(44)21-32(45)23-37(49)54-28(3)27(2)39(26)50/h4-17,26-36,38-39,42-48,50,53H,18-25H2,1-3H3,(H,51,52)/t26-,27-,28-,29-,30+,31+,32+,33+,34+,35-,36?,38+,39+,41+/m0/s1. The third-order valence-corrected chi connectivity index (χ3v) is 9.84. The molecule has 0 aromatic rings. The minimum Gasteiger partial charge on any atom is -0.481 e. The summed E-state index contributed by atoms with van der Waals surface area (Å²) in [7, 11) is 0. The summed E-state index contributed by atoms with van der Waals surface area (Å²) >= 11 is 0. The molecule has 0 radical (unpaired) electrons. The summed E-state index contributed by atoms with van der Waals surface area (Å²) in [6, 6.07) is 0. The molecule has 2 heterocycles. The number of carbonyl (C=O) groups excluding carboxylic acids is 1. The fourth-order valence-corrected chi connectivity index (χ4v) is 6.51. The number of carboxylic acid groups (broad SMARTS) is 1. The molecule has 14 nitrogen and oxygen atoms in total. The summed E-state index contributed by atoms with van der Waals surface area (Å²) in [6.45, 7) is 5.23. The van der Waals surface area contributed by atoms with Crippen LogP contribution in [0.15, 0.2) is 85.1 Å². The Balaban J connectivity index is 2.18. The lowest BCUT2D eigenvalue weighted by Gasteiger charge is -2.44. The number of cyclic esters (lactones) is 1. The van der Waals surface area contributed by atoms with Gasteiger partial charge in [-0.25, -0.2) is 0 Å². The summed E-state index contributed by atoms with van der Waals surface area (Å²) in [5.74, 6) is -6.56. The van der Waals surface area contributed by atoms with Crippen molar-refractivity contribution in [2.45, 2.75) is 139 Å². The first-order valence-corrected chi connectivity index (χ1v) is 18.9. The molecule has 14 atom stereocenters. The minimum absolute atomic E-state index is 0.100. The monoisotopic (exact) mass is 778 g/mol. The van der Waals surface area contributed by atoms with Gasteiger partial charge in [-0.05, 0) is 32.6 Å². The van der Waals surface area contributed by atoms with Crippen LogP contribution in [0, 0.1) is 17.8 Å². The van der Waals surface area contributed by atoms with Gasteiger partial charge in [0.15, 0.2) is 5.79 Å². The molecule has 0 saturated carbocycles. The lowest BCUT2D eigenvalue weighted by Crippen LogP contribution is -2.56. The average Bonchev–Trinajstić information content (AvgIpc) is 3.08. The second kappa shape index (κ2) is 24.4. The summed E-state index contributed by atoms with van der Waals surface area (Å²) < 4.78 is 11.1. The maximum absolute atomic E-state index is 12.5. The van der Waals surface area contributed by atoms with Gasteiger partial charge in [0.2, 0.25) is 0 Å². The Hall–Kier alpha value is -3.28. The highest BCUT2D eigenvalue weighted by Gasteiger charge is 2.50. The highest BCUT2D eigenvalue weighted by atomic mass is 16.6. The third kappa shape index (κ3) is 18.0. The van der Waals surface area contributed by atoms with Gasteiger partial charge in [0.05, 0.1) is 61.4 Å². The third-order valence-electron chi connectivity index (χ3n) is 9.84. The smallest absolute Gasteiger partial charge is 0.311 e. The number of hydrogen-bond donors (Lipinski definition) is 10. The summed E-state index contributed by atoms with van der Waals surface area (Å²) in [6.07, 6.45) is 9.12. The predicted molar refractivity (Wildman–Crippen MR) is 204 cm³/mol. The number of ether oxygens (including phenoxy) is 2. The van der Waals surface area contributed by atoms with Crippen molar-refractivity contribution < 1.29 is 70.1 Å². The second-order valence-corrected chi connectivity index (χ2v) is 14.7. The fourth-order valence-electron chi connectivity index (χ4n) is 6.51. The van der Waals surface area contributed by atoms with E-state index in [0.29, 0.717) is 0 Å². The first-order chi connectivity index (χ1) is 25.9. The number of allylic oxidation sites excluding steroid dienone is 12. The van der Waals surface area contributed by atoms with E-state index < -0.39 is 110 Å². The van der Waals surface area contributed by atoms with E-state index >= 15 is 0 Å². The Bertz CT molecular complexity index is 1370. The van der Waals surface area contributed by atoms with Gasteiger partial charge < -0.3 is 60.5 Å². The molecule has 310 valence electrons. The van der Waals surface area contributed by atoms with Crippen LogP contribution in [0.4, 0.5) is 0 Å². The van der Waals surface area contributed by atoms with Gasteiger partial charge >= 0.3 is 11.9 Å². The van der Waals surface area contributed by atoms with Crippen LogP contribution in [0.25, 0.3) is 0 Å². The average molecular weight is 779 g/mol. The minimum atomic E-state index is -2.25. The topological polar surface area (TPSA) is 255 Å². The Morgan fingerprint density at radius 2 is 1.16 bits per heavy atom. The maximum Gasteiger partial charge on any atom is 0.311 e. The van der Waals surface area contributed by atoms with E-state index in [4.69, 9.17) is 9.47 Å². The van der Waals surface area contributed by atoms with Crippen molar-refractivity contribution in [3.8, 4) is 0 Å². The fraction of sp³-hybridized carbons (Fsp3) is 0.610. The molecule has 0 aromatic heterocycles. The van der Waals surface area contributed by atoms with Crippen molar-refractivity contribution in [1.29, 1.82) is 0 Å². The van der Waals surface area contributed by atoms with Crippen LogP contribution in [-0.2, 0) is 19.1 Å². The summed E-state index contributed by atoms with van der Waals surface area (Å²) in [5, 5.41) is 106. The number of esters is 1. The first kappa shape index (κ1) is 47.9. The molecule has 0 aliphatic carbocycles. The van der Waals surface area contributed by atoms with Crippen LogP contribution >= 0.6 is 0 Å². The number of aliphatic carboxylic acids is 1. The molecule has 2 bridgehead atoms. The van der Waals surface area contributed by atoms with Crippen molar-refractivity contribution >= 4 is 11.9 Å². The zero-order chi connectivity index (χ0) is 41.1. The highest BCUT2D eigenvalue weighted by molar-refractivity contribution is 5.71. The largest absolute Gasteiger partial charge is 0.481 e. The van der Waals surface area contributed by atoms with Crippen molar-refractivity contribution in [1.82, 2.24) is 0 Å². The van der Waals surface area contributed by atoms with Gasteiger partial charge in [0, 0.05) is 31.1 Å². The van der Waals surface area contributed by atoms with E-state index in [-0.39, 0.29) is 38.0 Å². The van der Waals surface area contributed by atoms with E-state index in [2.05, 4.69) is 0 Å². The van der Waals surface area contributed by atoms with E-state index in [9.17, 15) is 60.7 Å². The highest BCUT2D eigenvalue weighted by Crippen LogP contribution is 2.37. The predicted octanol–water partition coefficient (Wildman–Crippen LogP) is 1.89. The van der Waals surface area contributed by atoms with Gasteiger partial charge in [-0.3, -0.25) is 9.59 Å². The number of fused-ring (bicyclic) bond motifs is 2. The van der Waals surface area contributed by atoms with Crippen molar-refractivity contribution in [3.05, 3.63) is 85.1 Å². The van der Waals surface area contributed by atoms with Gasteiger partial charge in [0.25, 0.3) is 0 Å². The molecule has 10 N–H and O–H groups in total. The molecule has 2 aliphatic rings. The van der Waals surface area contributed by atoms with E-state index in [0.717, 1.165) is 0 Å².